The number of fused-ring (bicyclic) bond motifs is 3. The predicted octanol–water partition coefficient (Wildman–Crippen LogP) is 3.36. The van der Waals surface area contributed by atoms with Gasteiger partial charge < -0.3 is 24.1 Å². The first-order chi connectivity index (χ1) is 15.9. The maximum Gasteiger partial charge on any atom is 0.338 e. The first-order valence-electron chi connectivity index (χ1n) is 11.6. The number of carbonyl (C=O) groups excluding carboxylic acids is 2. The van der Waals surface area contributed by atoms with Crippen LogP contribution >= 0.6 is 0 Å². The van der Waals surface area contributed by atoms with Crippen molar-refractivity contribution in [2.75, 3.05) is 53.2 Å². The average molecular weight is 462 g/mol. The van der Waals surface area contributed by atoms with Gasteiger partial charge in [-0.25, -0.2) is 4.79 Å². The van der Waals surface area contributed by atoms with Gasteiger partial charge in [0.1, 0.15) is 24.7 Å². The van der Waals surface area contributed by atoms with Crippen molar-refractivity contribution in [2.45, 2.75) is 46.0 Å². The molecule has 0 atom stereocenters. The van der Waals surface area contributed by atoms with Crippen LogP contribution in [0.25, 0.3) is 0 Å². The number of aliphatic hydroxyl groups is 1. The number of allylic oxidation sites excluding steroid dienone is 4. The van der Waals surface area contributed by atoms with E-state index in [2.05, 4.69) is 4.90 Å². The minimum Gasteiger partial charge on any atom is -0.507 e. The molecule has 2 aliphatic heterocycles. The summed E-state index contributed by atoms with van der Waals surface area (Å²) in [4.78, 5) is 26.7. The molecule has 2 heterocycles. The zero-order valence-electron chi connectivity index (χ0n) is 19.9. The molecule has 0 aromatic rings. The van der Waals surface area contributed by atoms with E-state index in [1.807, 2.05) is 19.9 Å². The number of ether oxygens (including phenoxy) is 4. The minimum atomic E-state index is -0.481. The van der Waals surface area contributed by atoms with Crippen molar-refractivity contribution in [3.05, 3.63) is 45.5 Å². The Kier molecular flexibility index (Phi) is 9.14. The van der Waals surface area contributed by atoms with Gasteiger partial charge in [0, 0.05) is 31.6 Å². The number of morpholine rings is 1. The summed E-state index contributed by atoms with van der Waals surface area (Å²) in [7, 11) is 1.56. The van der Waals surface area contributed by atoms with E-state index in [4.69, 9.17) is 18.9 Å². The van der Waals surface area contributed by atoms with Gasteiger partial charge in [-0.1, -0.05) is 11.6 Å². The van der Waals surface area contributed by atoms with Gasteiger partial charge in [0.05, 0.1) is 25.9 Å². The van der Waals surface area contributed by atoms with Crippen molar-refractivity contribution in [1.82, 2.24) is 4.90 Å². The molecule has 0 aromatic carbocycles. The normalized spacial score (nSPS) is 24.8. The van der Waals surface area contributed by atoms with Crippen molar-refractivity contribution in [1.29, 1.82) is 0 Å². The number of cyclic esters (lactones) is 1. The number of aliphatic hydroxyl groups excluding tert-OH is 1. The highest BCUT2D eigenvalue weighted by Gasteiger charge is 2.29. The lowest BCUT2D eigenvalue weighted by Gasteiger charge is -2.26. The molecular weight excluding hydrogens is 426 g/mol. The van der Waals surface area contributed by atoms with Crippen molar-refractivity contribution in [3.63, 3.8) is 0 Å². The van der Waals surface area contributed by atoms with Gasteiger partial charge in [0.2, 0.25) is 0 Å². The van der Waals surface area contributed by atoms with Gasteiger partial charge in [-0.05, 0) is 50.7 Å². The lowest BCUT2D eigenvalue weighted by Crippen LogP contribution is -2.38. The monoisotopic (exact) mass is 461 g/mol. The molecule has 33 heavy (non-hydrogen) atoms. The van der Waals surface area contributed by atoms with Crippen molar-refractivity contribution in [3.8, 4) is 0 Å². The molecule has 0 unspecified atom stereocenters. The number of hydrogen-bond donors (Lipinski definition) is 1. The summed E-state index contributed by atoms with van der Waals surface area (Å²) >= 11 is 0. The number of hydrogen-bond acceptors (Lipinski definition) is 8. The second kappa shape index (κ2) is 12.0. The van der Waals surface area contributed by atoms with Gasteiger partial charge in [-0.15, -0.1) is 0 Å². The lowest BCUT2D eigenvalue weighted by molar-refractivity contribution is -0.144. The minimum absolute atomic E-state index is 0.0660. The number of carbonyl (C=O) groups is 2. The van der Waals surface area contributed by atoms with Crippen molar-refractivity contribution < 1.29 is 33.6 Å². The summed E-state index contributed by atoms with van der Waals surface area (Å²) in [5, 5.41) is 10.9. The molecule has 2 bridgehead atoms. The van der Waals surface area contributed by atoms with E-state index in [1.54, 1.807) is 7.11 Å². The molecule has 8 heteroatoms. The van der Waals surface area contributed by atoms with Gasteiger partial charge in [-0.3, -0.25) is 9.69 Å². The van der Waals surface area contributed by atoms with E-state index in [1.165, 1.54) is 0 Å². The van der Waals surface area contributed by atoms with Gasteiger partial charge in [0.15, 0.2) is 0 Å². The third kappa shape index (κ3) is 6.71. The molecule has 3 aliphatic rings. The third-order valence-corrected chi connectivity index (χ3v) is 6.37. The van der Waals surface area contributed by atoms with E-state index in [0.717, 1.165) is 49.6 Å². The van der Waals surface area contributed by atoms with E-state index in [9.17, 15) is 14.7 Å². The molecule has 1 N–H and O–H groups in total. The summed E-state index contributed by atoms with van der Waals surface area (Å²) in [5.74, 6) is -0.195. The maximum atomic E-state index is 12.3. The average Bonchev–Trinajstić information content (AvgIpc) is 3.00. The van der Waals surface area contributed by atoms with E-state index < -0.39 is 5.97 Å². The molecule has 2 fully saturated rings. The molecule has 0 amide bonds. The number of rotatable bonds is 9. The zero-order valence-corrected chi connectivity index (χ0v) is 19.9. The lowest BCUT2D eigenvalue weighted by atomic mass is 9.91. The van der Waals surface area contributed by atoms with Crippen LogP contribution < -0.4 is 0 Å². The molecular formula is C25H35NO7. The van der Waals surface area contributed by atoms with E-state index in [0.29, 0.717) is 50.0 Å². The smallest absolute Gasteiger partial charge is 0.338 e. The fraction of sp³-hybridized carbons (Fsp3) is 0.600. The fourth-order valence-corrected chi connectivity index (χ4v) is 4.21. The second-order valence-corrected chi connectivity index (χ2v) is 8.57. The summed E-state index contributed by atoms with van der Waals surface area (Å²) < 4.78 is 21.6. The van der Waals surface area contributed by atoms with Crippen LogP contribution in [-0.2, 0) is 28.5 Å². The summed E-state index contributed by atoms with van der Waals surface area (Å²) in [6, 6.07) is 0. The summed E-state index contributed by atoms with van der Waals surface area (Å²) in [6.45, 7) is 8.39. The molecule has 0 radical (unpaired) electrons. The van der Waals surface area contributed by atoms with Crippen LogP contribution in [0.1, 0.15) is 46.0 Å². The number of nitrogens with zero attached hydrogens (tertiary/aromatic N) is 1. The third-order valence-electron chi connectivity index (χ3n) is 6.37. The zero-order chi connectivity index (χ0) is 23.8. The van der Waals surface area contributed by atoms with E-state index >= 15 is 0 Å². The first kappa shape index (κ1) is 25.1. The molecule has 0 aromatic heterocycles. The van der Waals surface area contributed by atoms with Gasteiger partial charge in [0.25, 0.3) is 0 Å². The molecule has 182 valence electrons. The Balaban J connectivity index is 1.59. The van der Waals surface area contributed by atoms with Crippen LogP contribution in [0, 0.1) is 0 Å². The standard InChI is InChI=1S/C25H35NO7/c1-17(5-9-22(27)32-15-12-26-10-13-31-14-11-26)4-7-20-23(28)21-8-6-19(16-33-25(21)29)18(2)24(20)30-3/h4,28H,5-16H2,1-3H3/b17-4+,19-18+,23-21?,24-20+. The van der Waals surface area contributed by atoms with E-state index in [-0.39, 0.29) is 23.9 Å². The van der Waals surface area contributed by atoms with Crippen molar-refractivity contribution >= 4 is 11.9 Å². The van der Waals surface area contributed by atoms with Crippen LogP contribution in [0.2, 0.25) is 0 Å². The first-order valence-corrected chi connectivity index (χ1v) is 11.6. The molecule has 0 saturated carbocycles. The molecule has 0 spiro atoms. The Bertz CT molecular complexity index is 875. The molecule has 3 rings (SSSR count). The molecule has 2 saturated heterocycles. The van der Waals surface area contributed by atoms with Crippen LogP contribution in [-0.4, -0.2) is 75.1 Å². The highest BCUT2D eigenvalue weighted by molar-refractivity contribution is 5.90. The van der Waals surface area contributed by atoms with Crippen LogP contribution in [0.15, 0.2) is 45.5 Å². The Morgan fingerprint density at radius 2 is 1.97 bits per heavy atom. The van der Waals surface area contributed by atoms with Crippen LogP contribution in [0.5, 0.6) is 0 Å². The highest BCUT2D eigenvalue weighted by Crippen LogP contribution is 2.35. The van der Waals surface area contributed by atoms with Gasteiger partial charge in [-0.2, -0.15) is 0 Å². The predicted molar refractivity (Wildman–Crippen MR) is 122 cm³/mol. The SMILES string of the molecule is COC1=C(\C/C=C(\C)CCC(=O)OCCN2CCOCC2)C(O)=C2CC/C(=C\1C)COC2=O. The number of esters is 2. The molecule has 8 nitrogen and oxygen atoms in total. The Hall–Kier alpha value is -2.58. The Morgan fingerprint density at radius 3 is 2.70 bits per heavy atom. The summed E-state index contributed by atoms with van der Waals surface area (Å²) in [6.07, 6.45) is 4.29. The van der Waals surface area contributed by atoms with Crippen LogP contribution in [0.4, 0.5) is 0 Å². The maximum absolute atomic E-state index is 12.3. The molecule has 1 aliphatic carbocycles. The quantitative estimate of drug-likeness (QED) is 0.413. The highest BCUT2D eigenvalue weighted by atomic mass is 16.5. The Labute approximate surface area is 195 Å². The number of methoxy groups -OCH3 is 1. The fourth-order valence-electron chi connectivity index (χ4n) is 4.21. The van der Waals surface area contributed by atoms with Gasteiger partial charge >= 0.3 is 11.9 Å². The Morgan fingerprint density at radius 1 is 1.21 bits per heavy atom. The summed E-state index contributed by atoms with van der Waals surface area (Å²) in [5.41, 5.74) is 3.74. The van der Waals surface area contributed by atoms with Crippen molar-refractivity contribution in [2.24, 2.45) is 0 Å². The largest absolute Gasteiger partial charge is 0.507 e. The second-order valence-electron chi connectivity index (χ2n) is 8.57. The van der Waals surface area contributed by atoms with Crippen LogP contribution in [0.3, 0.4) is 0 Å². The topological polar surface area (TPSA) is 94.5 Å².